The maximum absolute atomic E-state index is 10.4. The molecule has 0 spiro atoms. The van der Waals surface area contributed by atoms with Crippen molar-refractivity contribution < 1.29 is 18.8 Å². The minimum atomic E-state index is -2.05. The molecule has 1 atom stereocenters. The number of nitro groups is 1. The van der Waals surface area contributed by atoms with Gasteiger partial charge in [-0.2, -0.15) is 0 Å². The van der Waals surface area contributed by atoms with Crippen molar-refractivity contribution in [3.63, 3.8) is 0 Å². The van der Waals surface area contributed by atoms with Crippen molar-refractivity contribution >= 4 is 16.8 Å². The summed E-state index contributed by atoms with van der Waals surface area (Å²) in [4.78, 5) is 9.62. The average molecular weight is 217 g/mol. The van der Waals surface area contributed by atoms with Crippen LogP contribution in [0.1, 0.15) is 5.56 Å². The van der Waals surface area contributed by atoms with Crippen LogP contribution in [0, 0.1) is 10.1 Å². The van der Waals surface area contributed by atoms with Gasteiger partial charge in [-0.05, 0) is 11.6 Å². The van der Waals surface area contributed by atoms with Crippen LogP contribution in [0.2, 0.25) is 0 Å². The smallest absolute Gasteiger partial charge is 0.310 e. The minimum Gasteiger partial charge on any atom is -0.502 e. The molecule has 1 unspecified atom stereocenters. The zero-order chi connectivity index (χ0) is 10.7. The van der Waals surface area contributed by atoms with E-state index >= 15 is 0 Å². The Kier molecular flexibility index (Phi) is 3.15. The molecule has 0 aromatic heterocycles. The Morgan fingerprint density at radius 3 is 2.64 bits per heavy atom. The topological polar surface area (TPSA) is 101 Å². The number of nitro benzene ring substituents is 1. The van der Waals surface area contributed by atoms with Crippen molar-refractivity contribution in [1.29, 1.82) is 0 Å². The molecule has 0 amide bonds. The van der Waals surface area contributed by atoms with Gasteiger partial charge in [0.25, 0.3) is 0 Å². The van der Waals surface area contributed by atoms with Gasteiger partial charge in [0.05, 0.1) is 10.7 Å². The van der Waals surface area contributed by atoms with Crippen LogP contribution in [-0.2, 0) is 16.8 Å². The van der Waals surface area contributed by atoms with Crippen LogP contribution in [0.25, 0.3) is 0 Å². The van der Waals surface area contributed by atoms with E-state index in [1.54, 1.807) is 0 Å². The zero-order valence-corrected chi connectivity index (χ0v) is 7.73. The minimum absolute atomic E-state index is 0.193. The number of hydrogen-bond donors (Lipinski definition) is 2. The number of hydrogen-bond acceptors (Lipinski definition) is 4. The molecule has 2 N–H and O–H groups in total. The molecule has 6 nitrogen and oxygen atoms in total. The van der Waals surface area contributed by atoms with Crippen molar-refractivity contribution in [1.82, 2.24) is 0 Å². The zero-order valence-electron chi connectivity index (χ0n) is 6.91. The van der Waals surface area contributed by atoms with Gasteiger partial charge in [0.15, 0.2) is 16.8 Å². The molecule has 1 aromatic rings. The van der Waals surface area contributed by atoms with Crippen LogP contribution in [0.5, 0.6) is 5.75 Å². The van der Waals surface area contributed by atoms with Gasteiger partial charge in [-0.25, -0.2) is 4.21 Å². The number of phenols is 1. The molecule has 14 heavy (non-hydrogen) atoms. The molecular formula is C7H7NO5S. The summed E-state index contributed by atoms with van der Waals surface area (Å²) < 4.78 is 19.0. The predicted octanol–water partition coefficient (Wildman–Crippen LogP) is 1.02. The Balaban J connectivity index is 3.06. The summed E-state index contributed by atoms with van der Waals surface area (Å²) in [6, 6.07) is 3.56. The first-order chi connectivity index (χ1) is 6.50. The van der Waals surface area contributed by atoms with Crippen molar-refractivity contribution in [2.24, 2.45) is 0 Å². The monoisotopic (exact) mass is 217 g/mol. The standard InChI is InChI=1S/C7H7NO5S/c9-7-2-1-5(4-14(12)13)3-6(7)8(10)11/h1-3,9H,4H2,(H,12,13). The molecule has 76 valence electrons. The molecule has 1 rings (SSSR count). The molecule has 0 radical (unpaired) electrons. The maximum Gasteiger partial charge on any atom is 0.310 e. The van der Waals surface area contributed by atoms with Gasteiger partial charge in [0.1, 0.15) is 0 Å². The van der Waals surface area contributed by atoms with Gasteiger partial charge in [-0.1, -0.05) is 6.07 Å². The quantitative estimate of drug-likeness (QED) is 0.447. The van der Waals surface area contributed by atoms with Crippen molar-refractivity contribution in [2.45, 2.75) is 5.75 Å². The van der Waals surface area contributed by atoms with Crippen molar-refractivity contribution in [2.75, 3.05) is 0 Å². The molecular weight excluding hydrogens is 210 g/mol. The van der Waals surface area contributed by atoms with Gasteiger partial charge in [-0.15, -0.1) is 0 Å². The highest BCUT2D eigenvalue weighted by Crippen LogP contribution is 2.26. The molecule has 0 aliphatic heterocycles. The predicted molar refractivity (Wildman–Crippen MR) is 49.2 cm³/mol. The van der Waals surface area contributed by atoms with Gasteiger partial charge in [0.2, 0.25) is 0 Å². The summed E-state index contributed by atoms with van der Waals surface area (Å²) >= 11 is -2.05. The van der Waals surface area contributed by atoms with Crippen molar-refractivity contribution in [3.05, 3.63) is 33.9 Å². The third-order valence-corrected chi connectivity index (χ3v) is 2.11. The lowest BCUT2D eigenvalue weighted by Crippen LogP contribution is -1.95. The van der Waals surface area contributed by atoms with Crippen LogP contribution >= 0.6 is 0 Å². The second-order valence-corrected chi connectivity index (χ2v) is 3.48. The Labute approximate surface area is 81.6 Å². The number of rotatable bonds is 3. The molecule has 0 saturated carbocycles. The number of benzene rings is 1. The molecule has 0 heterocycles. The summed E-state index contributed by atoms with van der Waals surface area (Å²) in [5.74, 6) is -0.649. The number of phenolic OH excluding ortho intramolecular Hbond substituents is 1. The van der Waals surface area contributed by atoms with Crippen LogP contribution in [0.15, 0.2) is 18.2 Å². The van der Waals surface area contributed by atoms with Crippen molar-refractivity contribution in [3.8, 4) is 5.75 Å². The molecule has 7 heteroatoms. The largest absolute Gasteiger partial charge is 0.502 e. The fraction of sp³-hybridized carbons (Fsp3) is 0.143. The van der Waals surface area contributed by atoms with E-state index in [0.29, 0.717) is 5.56 Å². The van der Waals surface area contributed by atoms with Gasteiger partial charge in [0, 0.05) is 6.07 Å². The first-order valence-corrected chi connectivity index (χ1v) is 4.82. The summed E-state index contributed by atoms with van der Waals surface area (Å²) in [6.45, 7) is 0. The maximum atomic E-state index is 10.4. The number of nitrogens with zero attached hydrogens (tertiary/aromatic N) is 1. The highest BCUT2D eigenvalue weighted by Gasteiger charge is 2.13. The fourth-order valence-corrected chi connectivity index (χ4v) is 1.41. The fourth-order valence-electron chi connectivity index (χ4n) is 0.948. The van der Waals surface area contributed by atoms with Crippen LogP contribution in [0.4, 0.5) is 5.69 Å². The molecule has 0 aliphatic carbocycles. The summed E-state index contributed by atoms with van der Waals surface area (Å²) in [7, 11) is 0. The Morgan fingerprint density at radius 2 is 2.14 bits per heavy atom. The second-order valence-electron chi connectivity index (χ2n) is 2.55. The SMILES string of the molecule is O=[N+]([O-])c1cc(CS(=O)O)ccc1O. The lowest BCUT2D eigenvalue weighted by molar-refractivity contribution is -0.385. The Morgan fingerprint density at radius 1 is 1.50 bits per heavy atom. The molecule has 0 bridgehead atoms. The van der Waals surface area contributed by atoms with Gasteiger partial charge >= 0.3 is 5.69 Å². The van der Waals surface area contributed by atoms with E-state index in [4.69, 9.17) is 9.66 Å². The lowest BCUT2D eigenvalue weighted by atomic mass is 10.2. The molecule has 0 saturated heterocycles. The third-order valence-electron chi connectivity index (χ3n) is 1.53. The average Bonchev–Trinajstić information content (AvgIpc) is 2.07. The van der Waals surface area contributed by atoms with E-state index in [0.717, 1.165) is 12.1 Å². The van der Waals surface area contributed by atoms with Gasteiger partial charge < -0.3 is 9.66 Å². The summed E-state index contributed by atoms with van der Waals surface area (Å²) in [5, 5.41) is 19.4. The van der Waals surface area contributed by atoms with E-state index in [1.165, 1.54) is 6.07 Å². The van der Waals surface area contributed by atoms with Crippen LogP contribution < -0.4 is 0 Å². The summed E-state index contributed by atoms with van der Waals surface area (Å²) in [5.41, 5.74) is -0.136. The second kappa shape index (κ2) is 4.16. The number of aromatic hydroxyl groups is 1. The van der Waals surface area contributed by atoms with E-state index in [-0.39, 0.29) is 5.75 Å². The molecule has 0 aliphatic rings. The third kappa shape index (κ3) is 2.51. The first kappa shape index (κ1) is 10.6. The highest BCUT2D eigenvalue weighted by molar-refractivity contribution is 7.78. The molecule has 0 fully saturated rings. The van der Waals surface area contributed by atoms with E-state index in [1.807, 2.05) is 0 Å². The lowest BCUT2D eigenvalue weighted by Gasteiger charge is -1.99. The van der Waals surface area contributed by atoms with Crippen LogP contribution in [-0.4, -0.2) is 18.8 Å². The normalized spacial score (nSPS) is 12.4. The van der Waals surface area contributed by atoms with E-state index in [2.05, 4.69) is 0 Å². The highest BCUT2D eigenvalue weighted by atomic mass is 32.2. The van der Waals surface area contributed by atoms with E-state index < -0.39 is 27.4 Å². The Bertz CT molecular complexity index is 392. The Hall–Kier alpha value is -1.47. The molecule has 1 aromatic carbocycles. The first-order valence-electron chi connectivity index (χ1n) is 3.54. The van der Waals surface area contributed by atoms with E-state index in [9.17, 15) is 14.3 Å². The van der Waals surface area contributed by atoms with Crippen LogP contribution in [0.3, 0.4) is 0 Å². The van der Waals surface area contributed by atoms with Gasteiger partial charge in [-0.3, -0.25) is 10.1 Å². The summed E-state index contributed by atoms with van der Waals surface area (Å²) in [6.07, 6.45) is 0.